The second-order valence-corrected chi connectivity index (χ2v) is 12.6. The van der Waals surface area contributed by atoms with Crippen molar-refractivity contribution in [3.8, 4) is 0 Å². The second-order valence-electron chi connectivity index (χ2n) is 7.61. The van der Waals surface area contributed by atoms with E-state index in [1.54, 1.807) is 0 Å². The van der Waals surface area contributed by atoms with Crippen LogP contribution in [0.25, 0.3) is 0 Å². The van der Waals surface area contributed by atoms with Crippen molar-refractivity contribution in [2.24, 2.45) is 0 Å². The van der Waals surface area contributed by atoms with Gasteiger partial charge in [-0.25, -0.2) is 0 Å². The molecule has 0 bridgehead atoms. The quantitative estimate of drug-likeness (QED) is 0.544. The number of anilines is 3. The first-order valence-electron chi connectivity index (χ1n) is 9.59. The number of hydrogen-bond acceptors (Lipinski definition) is 3. The minimum atomic E-state index is -2.09. The first kappa shape index (κ1) is 23.5. The summed E-state index contributed by atoms with van der Waals surface area (Å²) in [5.74, 6) is 0. The predicted molar refractivity (Wildman–Crippen MR) is 133 cm³/mol. The van der Waals surface area contributed by atoms with E-state index in [9.17, 15) is 0 Å². The third-order valence-electron chi connectivity index (χ3n) is 4.97. The molecule has 0 amide bonds. The van der Waals surface area contributed by atoms with Crippen molar-refractivity contribution in [1.82, 2.24) is 0 Å². The molecule has 146 valence electrons. The average molecular weight is 440 g/mol. The molecule has 0 spiro atoms. The molecule has 3 nitrogen and oxygen atoms in total. The smallest absolute Gasteiger partial charge is 0 e. The molecule has 0 heterocycles. The normalized spacial score (nSPS) is 10.4. The van der Waals surface area contributed by atoms with Gasteiger partial charge in [-0.1, -0.05) is 0 Å². The number of rotatable bonds is 6. The molecule has 29 heavy (non-hydrogen) atoms. The van der Waals surface area contributed by atoms with Crippen LogP contribution < -0.4 is 27.9 Å². The number of nitrogens with zero attached hydrogens (tertiary/aromatic N) is 3. The Morgan fingerprint density at radius 2 is 0.690 bits per heavy atom. The molecule has 3 aromatic carbocycles. The Labute approximate surface area is 192 Å². The van der Waals surface area contributed by atoms with Gasteiger partial charge in [0.2, 0.25) is 0 Å². The van der Waals surface area contributed by atoms with Crippen molar-refractivity contribution in [2.45, 2.75) is 0 Å². The van der Waals surface area contributed by atoms with E-state index in [-0.39, 0.29) is 18.9 Å². The van der Waals surface area contributed by atoms with E-state index in [1.807, 2.05) is 0 Å². The SMILES string of the molecule is CN(C)c1cccc[c]1[Ge]([c]1ccccc1N(C)C)[c]1ccccc1N(C)C.[Li]. The van der Waals surface area contributed by atoms with Crippen LogP contribution in [0.5, 0.6) is 0 Å². The Morgan fingerprint density at radius 3 is 0.931 bits per heavy atom. The average Bonchev–Trinajstić information content (AvgIpc) is 2.69. The van der Waals surface area contributed by atoms with Gasteiger partial charge >= 0.3 is 174 Å². The van der Waals surface area contributed by atoms with Gasteiger partial charge in [0, 0.05) is 18.9 Å². The van der Waals surface area contributed by atoms with Crippen molar-refractivity contribution in [3.05, 3.63) is 72.8 Å². The largest absolute Gasteiger partial charge is 0 e. The Bertz CT molecular complexity index is 818. The third-order valence-corrected chi connectivity index (χ3v) is 11.0. The summed E-state index contributed by atoms with van der Waals surface area (Å²) in [5, 5.41) is 0. The second kappa shape index (κ2) is 10.3. The van der Waals surface area contributed by atoms with Crippen LogP contribution in [0.2, 0.25) is 0 Å². The first-order valence-corrected chi connectivity index (χ1v) is 12.7. The van der Waals surface area contributed by atoms with E-state index < -0.39 is 14.3 Å². The summed E-state index contributed by atoms with van der Waals surface area (Å²) in [4.78, 5) is 6.75. The summed E-state index contributed by atoms with van der Waals surface area (Å²) in [7, 11) is 12.9. The summed E-state index contributed by atoms with van der Waals surface area (Å²) in [5.41, 5.74) is 3.96. The number of hydrogen-bond donors (Lipinski definition) is 0. The van der Waals surface area contributed by atoms with E-state index in [0.717, 1.165) is 0 Å². The summed E-state index contributed by atoms with van der Waals surface area (Å²) >= 11 is -2.09. The van der Waals surface area contributed by atoms with Crippen LogP contribution >= 0.6 is 0 Å². The molecule has 0 saturated carbocycles. The number of para-hydroxylation sites is 3. The van der Waals surface area contributed by atoms with Gasteiger partial charge in [0.1, 0.15) is 0 Å². The van der Waals surface area contributed by atoms with Crippen molar-refractivity contribution < 1.29 is 0 Å². The zero-order chi connectivity index (χ0) is 20.3. The minimum absolute atomic E-state index is 0. The Balaban J connectivity index is 0.00000300. The summed E-state index contributed by atoms with van der Waals surface area (Å²) in [6.07, 6.45) is 0. The van der Waals surface area contributed by atoms with Crippen molar-refractivity contribution in [3.63, 3.8) is 0 Å². The van der Waals surface area contributed by atoms with E-state index >= 15 is 0 Å². The van der Waals surface area contributed by atoms with Crippen LogP contribution in [0.15, 0.2) is 72.8 Å². The summed E-state index contributed by atoms with van der Waals surface area (Å²) in [6.45, 7) is 0. The molecule has 0 aliphatic rings. The molecule has 0 saturated heterocycles. The molecular weight excluding hydrogens is 410 g/mol. The fourth-order valence-electron chi connectivity index (χ4n) is 3.66. The molecule has 2 radical (unpaired) electrons. The Hall–Kier alpha value is -1.80. The monoisotopic (exact) mass is 441 g/mol. The van der Waals surface area contributed by atoms with Crippen LogP contribution in [0.3, 0.4) is 0 Å². The van der Waals surface area contributed by atoms with Crippen molar-refractivity contribution in [2.75, 3.05) is 57.0 Å². The van der Waals surface area contributed by atoms with Crippen LogP contribution in [-0.4, -0.2) is 75.5 Å². The third kappa shape index (κ3) is 5.04. The van der Waals surface area contributed by atoms with E-state index in [4.69, 9.17) is 0 Å². The van der Waals surface area contributed by atoms with Gasteiger partial charge in [0.25, 0.3) is 0 Å². The topological polar surface area (TPSA) is 9.72 Å². The van der Waals surface area contributed by atoms with Crippen LogP contribution in [-0.2, 0) is 0 Å². The molecule has 3 rings (SSSR count). The maximum Gasteiger partial charge on any atom is 0 e. The van der Waals surface area contributed by atoms with Crippen LogP contribution in [0.4, 0.5) is 17.1 Å². The Morgan fingerprint density at radius 1 is 0.448 bits per heavy atom. The fourth-order valence-corrected chi connectivity index (χ4v) is 10.7. The summed E-state index contributed by atoms with van der Waals surface area (Å²) < 4.78 is 4.45. The molecule has 0 aliphatic heterocycles. The van der Waals surface area contributed by atoms with Gasteiger partial charge in [0.15, 0.2) is 0 Å². The van der Waals surface area contributed by atoms with Gasteiger partial charge in [-0.2, -0.15) is 0 Å². The minimum Gasteiger partial charge on any atom is 0 e. The summed E-state index contributed by atoms with van der Waals surface area (Å²) in [6, 6.07) is 26.7. The van der Waals surface area contributed by atoms with Crippen molar-refractivity contribution >= 4 is 63.5 Å². The fraction of sp³-hybridized carbons (Fsp3) is 0.250. The van der Waals surface area contributed by atoms with Gasteiger partial charge in [-0.05, 0) is 0 Å². The zero-order valence-electron chi connectivity index (χ0n) is 18.8. The van der Waals surface area contributed by atoms with Crippen LogP contribution in [0.1, 0.15) is 0 Å². The number of benzene rings is 3. The first-order chi connectivity index (χ1) is 13.4. The zero-order valence-corrected chi connectivity index (χ0v) is 20.9. The molecular formula is C24H30GeLiN3. The molecule has 0 atom stereocenters. The van der Waals surface area contributed by atoms with E-state index in [0.29, 0.717) is 0 Å². The molecule has 0 N–H and O–H groups in total. The maximum absolute atomic E-state index is 2.34. The molecule has 3 aromatic rings. The maximum atomic E-state index is 2.34. The molecule has 0 aromatic heterocycles. The van der Waals surface area contributed by atoms with E-state index in [1.165, 1.54) is 30.2 Å². The standard InChI is InChI=1S/C24H30GeN3.Li/c1-26(2)22-16-10-7-13-19(22)25(20-14-8-11-17-23(20)27(3)4)21-15-9-12-18-24(21)28(5)6;/h7-18H,1-6H3;. The van der Waals surface area contributed by atoms with Gasteiger partial charge in [-0.15, -0.1) is 0 Å². The predicted octanol–water partition coefficient (Wildman–Crippen LogP) is 2.02. The van der Waals surface area contributed by atoms with Crippen molar-refractivity contribution in [1.29, 1.82) is 0 Å². The molecule has 5 heteroatoms. The van der Waals surface area contributed by atoms with E-state index in [2.05, 4.69) is 130 Å². The van der Waals surface area contributed by atoms with Gasteiger partial charge < -0.3 is 0 Å². The van der Waals surface area contributed by atoms with Gasteiger partial charge in [-0.3, -0.25) is 0 Å². The molecule has 0 aliphatic carbocycles. The molecule has 0 fully saturated rings. The Kier molecular flexibility index (Phi) is 8.34. The molecule has 0 unspecified atom stereocenters. The van der Waals surface area contributed by atoms with Crippen LogP contribution in [0, 0.1) is 0 Å². The van der Waals surface area contributed by atoms with Gasteiger partial charge in [0.05, 0.1) is 0 Å².